The number of ether oxygens (including phenoxy) is 1. The van der Waals surface area contributed by atoms with E-state index in [2.05, 4.69) is 15.0 Å². The first kappa shape index (κ1) is 24.2. The van der Waals surface area contributed by atoms with E-state index in [1.807, 2.05) is 13.8 Å². The number of rotatable bonds is 7. The van der Waals surface area contributed by atoms with Gasteiger partial charge in [-0.05, 0) is 48.9 Å². The van der Waals surface area contributed by atoms with Crippen molar-refractivity contribution >= 4 is 28.9 Å². The quantitative estimate of drug-likeness (QED) is 0.331. The lowest BCUT2D eigenvalue weighted by atomic mass is 9.95. The van der Waals surface area contributed by atoms with Crippen molar-refractivity contribution < 1.29 is 17.9 Å². The van der Waals surface area contributed by atoms with Crippen molar-refractivity contribution in [3.05, 3.63) is 63.2 Å². The van der Waals surface area contributed by atoms with Crippen molar-refractivity contribution in [2.45, 2.75) is 46.9 Å². The highest BCUT2D eigenvalue weighted by molar-refractivity contribution is 6.33. The minimum absolute atomic E-state index is 0.0288. The number of hydrogen-bond acceptors (Lipinski definition) is 4. The third-order valence-corrected chi connectivity index (χ3v) is 5.07. The van der Waals surface area contributed by atoms with Crippen molar-refractivity contribution in [3.8, 4) is 5.88 Å². The molecule has 1 aromatic carbocycles. The van der Waals surface area contributed by atoms with Gasteiger partial charge in [0.15, 0.2) is 0 Å². The highest BCUT2D eigenvalue weighted by Crippen LogP contribution is 2.29. The molecule has 1 atom stereocenters. The van der Waals surface area contributed by atoms with Crippen LogP contribution in [0.5, 0.6) is 5.88 Å². The summed E-state index contributed by atoms with van der Waals surface area (Å²) in [5.74, 6) is 0.0253. The second-order valence-corrected chi connectivity index (χ2v) is 7.38. The topological polar surface area (TPSA) is 47.4 Å². The van der Waals surface area contributed by atoms with E-state index in [9.17, 15) is 13.2 Å². The van der Waals surface area contributed by atoms with E-state index in [0.717, 1.165) is 11.6 Å². The van der Waals surface area contributed by atoms with Gasteiger partial charge in [0.1, 0.15) is 17.3 Å². The lowest BCUT2D eigenvalue weighted by molar-refractivity contribution is -0.0924. The molecule has 1 heterocycles. The summed E-state index contributed by atoms with van der Waals surface area (Å²) in [6, 6.07) is 6.99. The molecule has 1 unspecified atom stereocenters. The average molecular weight is 460 g/mol. The molecular weight excluding hydrogens is 438 g/mol. The van der Waals surface area contributed by atoms with Gasteiger partial charge < -0.3 is 4.74 Å². The smallest absolute Gasteiger partial charge is 0.433 e. The maximum Gasteiger partial charge on any atom is 0.433 e. The van der Waals surface area contributed by atoms with Crippen molar-refractivity contribution in [1.82, 2.24) is 9.97 Å². The summed E-state index contributed by atoms with van der Waals surface area (Å²) in [6.45, 7) is 6.93. The third kappa shape index (κ3) is 6.19. The van der Waals surface area contributed by atoms with Crippen molar-refractivity contribution in [2.75, 3.05) is 0 Å². The second-order valence-electron chi connectivity index (χ2n) is 6.66. The maximum atomic E-state index is 13.2. The van der Waals surface area contributed by atoms with Crippen LogP contribution in [0, 0.1) is 12.8 Å². The molecular formula is C21H22Cl2F3N3O. The Morgan fingerprint density at radius 2 is 1.83 bits per heavy atom. The normalized spacial score (nSPS) is 14.0. The molecule has 4 nitrogen and oxygen atoms in total. The van der Waals surface area contributed by atoms with Crippen LogP contribution in [-0.4, -0.2) is 21.9 Å². The monoisotopic (exact) mass is 459 g/mol. The Kier molecular flexibility index (Phi) is 8.26. The van der Waals surface area contributed by atoms with Gasteiger partial charge in [0.25, 0.3) is 0 Å². The minimum Gasteiger partial charge on any atom is -0.472 e. The van der Waals surface area contributed by atoms with Crippen LogP contribution >= 0.6 is 23.2 Å². The number of aryl methyl sites for hydroxylation is 1. The van der Waals surface area contributed by atoms with E-state index in [1.165, 1.54) is 6.92 Å². The Labute approximate surface area is 183 Å². The summed E-state index contributed by atoms with van der Waals surface area (Å²) in [5.41, 5.74) is 1.39. The van der Waals surface area contributed by atoms with E-state index >= 15 is 0 Å². The molecule has 0 aliphatic rings. The first-order valence-electron chi connectivity index (χ1n) is 9.30. The van der Waals surface area contributed by atoms with E-state index in [-0.39, 0.29) is 28.7 Å². The van der Waals surface area contributed by atoms with Gasteiger partial charge in [0.05, 0.1) is 11.4 Å². The number of halogens is 5. The summed E-state index contributed by atoms with van der Waals surface area (Å²) in [4.78, 5) is 11.8. The molecule has 0 amide bonds. The molecule has 30 heavy (non-hydrogen) atoms. The van der Waals surface area contributed by atoms with Crippen molar-refractivity contribution in [1.29, 1.82) is 0 Å². The van der Waals surface area contributed by atoms with E-state index < -0.39 is 11.9 Å². The van der Waals surface area contributed by atoms with E-state index in [1.54, 1.807) is 31.2 Å². The molecule has 162 valence electrons. The molecule has 2 aromatic rings. The number of aromatic nitrogens is 2. The molecule has 0 radical (unpaired) electrons. The Hall–Kier alpha value is -2.12. The van der Waals surface area contributed by atoms with Crippen LogP contribution in [0.2, 0.25) is 10.3 Å². The molecule has 2 rings (SSSR count). The fraction of sp³-hybridized carbons (Fsp3) is 0.381. The third-order valence-electron chi connectivity index (χ3n) is 4.47. The Bertz CT molecular complexity index is 942. The predicted octanol–water partition coefficient (Wildman–Crippen LogP) is 6.97. The average Bonchev–Trinajstić information content (AvgIpc) is 2.69. The molecule has 1 aromatic heterocycles. The predicted molar refractivity (Wildman–Crippen MR) is 113 cm³/mol. The zero-order valence-corrected chi connectivity index (χ0v) is 18.5. The molecule has 9 heteroatoms. The summed E-state index contributed by atoms with van der Waals surface area (Å²) in [6.07, 6.45) is -2.87. The summed E-state index contributed by atoms with van der Waals surface area (Å²) >= 11 is 12.0. The molecule has 0 spiro atoms. The number of nitrogens with zero attached hydrogens (tertiary/aromatic N) is 3. The zero-order chi connectivity index (χ0) is 22.5. The zero-order valence-electron chi connectivity index (χ0n) is 17.0. The van der Waals surface area contributed by atoms with Crippen LogP contribution in [-0.2, 0) is 6.61 Å². The second kappa shape index (κ2) is 10.3. The van der Waals surface area contributed by atoms with Gasteiger partial charge >= 0.3 is 6.18 Å². The highest BCUT2D eigenvalue weighted by Gasteiger charge is 2.33. The molecule has 0 fully saturated rings. The fourth-order valence-corrected chi connectivity index (χ4v) is 2.94. The van der Waals surface area contributed by atoms with Gasteiger partial charge in [-0.15, -0.1) is 0 Å². The lowest BCUT2D eigenvalue weighted by Crippen LogP contribution is -2.17. The summed E-state index contributed by atoms with van der Waals surface area (Å²) in [5, 5.41) is 0.300. The molecule has 0 aliphatic heterocycles. The first-order chi connectivity index (χ1) is 14.1. The first-order valence-corrected chi connectivity index (χ1v) is 10.1. The van der Waals surface area contributed by atoms with Crippen molar-refractivity contribution in [2.24, 2.45) is 10.9 Å². The molecule has 0 N–H and O–H groups in total. The van der Waals surface area contributed by atoms with Crippen LogP contribution in [0.1, 0.15) is 44.0 Å². The largest absolute Gasteiger partial charge is 0.472 e. The molecule has 0 bridgehead atoms. The number of aliphatic imine (C=N–C) groups is 1. The SMILES string of the molecule is C/C=C(\N=C(c1ccc(COc2nc(Cl)nc(C)c2Cl)cc1)C(C)CC)C(F)(F)F. The van der Waals surface area contributed by atoms with Gasteiger partial charge in [-0.3, -0.25) is 0 Å². The summed E-state index contributed by atoms with van der Waals surface area (Å²) in [7, 11) is 0. The molecule has 0 saturated heterocycles. The van der Waals surface area contributed by atoms with E-state index in [4.69, 9.17) is 27.9 Å². The fourth-order valence-electron chi connectivity index (χ4n) is 2.59. The van der Waals surface area contributed by atoms with Crippen LogP contribution in [0.3, 0.4) is 0 Å². The van der Waals surface area contributed by atoms with Crippen molar-refractivity contribution in [3.63, 3.8) is 0 Å². The highest BCUT2D eigenvalue weighted by atomic mass is 35.5. The molecule has 0 aliphatic carbocycles. The number of hydrogen-bond donors (Lipinski definition) is 0. The summed E-state index contributed by atoms with van der Waals surface area (Å²) < 4.78 is 45.1. The Morgan fingerprint density at radius 3 is 2.37 bits per heavy atom. The van der Waals surface area contributed by atoms with Crippen LogP contribution < -0.4 is 4.74 Å². The van der Waals surface area contributed by atoms with Gasteiger partial charge in [-0.25, -0.2) is 9.98 Å². The number of alkyl halides is 3. The number of benzene rings is 1. The lowest BCUT2D eigenvalue weighted by Gasteiger charge is -2.16. The van der Waals surface area contributed by atoms with Gasteiger partial charge in [0.2, 0.25) is 11.2 Å². The standard InChI is InChI=1S/C21H22Cl2F3N3O/c1-5-12(3)18(28-16(6-2)21(24,25)26)15-9-7-14(8-10-15)11-30-19-17(22)13(4)27-20(23)29-19/h6-10,12H,5,11H2,1-4H3/b16-6-,28-18?. The maximum absolute atomic E-state index is 13.2. The minimum atomic E-state index is -4.50. The number of allylic oxidation sites excluding steroid dienone is 2. The Balaban J connectivity index is 2.25. The van der Waals surface area contributed by atoms with Gasteiger partial charge in [-0.1, -0.05) is 55.8 Å². The van der Waals surface area contributed by atoms with Gasteiger partial charge in [-0.2, -0.15) is 18.2 Å². The Morgan fingerprint density at radius 1 is 1.20 bits per heavy atom. The van der Waals surface area contributed by atoms with Crippen LogP contribution in [0.4, 0.5) is 13.2 Å². The van der Waals surface area contributed by atoms with Crippen LogP contribution in [0.15, 0.2) is 41.0 Å². The van der Waals surface area contributed by atoms with Gasteiger partial charge in [0, 0.05) is 0 Å². The molecule has 0 saturated carbocycles. The van der Waals surface area contributed by atoms with Crippen LogP contribution in [0.25, 0.3) is 0 Å². The van der Waals surface area contributed by atoms with E-state index in [0.29, 0.717) is 23.4 Å².